The lowest BCUT2D eigenvalue weighted by Gasteiger charge is -2.11. The molecule has 1 N–H and O–H groups in total. The van der Waals surface area contributed by atoms with Gasteiger partial charge in [0.15, 0.2) is 0 Å². The third kappa shape index (κ3) is 18.3. The smallest absolute Gasteiger partial charge is 0.306 e. The quantitative estimate of drug-likeness (QED) is 0.176. The van der Waals surface area contributed by atoms with E-state index in [1.54, 1.807) is 0 Å². The number of carboxylic acid groups (broad SMARTS) is 1. The van der Waals surface area contributed by atoms with E-state index in [1.807, 2.05) is 0 Å². The Kier molecular flexibility index (Phi) is 18.6. The number of allylic oxidation sites excluding steroid dienone is 4. The molecule has 1 atom stereocenters. The molecule has 0 spiro atoms. The third-order valence-electron chi connectivity index (χ3n) is 5.60. The van der Waals surface area contributed by atoms with Crippen LogP contribution in [0.25, 0.3) is 0 Å². The molecule has 0 aromatic rings. The zero-order chi connectivity index (χ0) is 21.0. The molecule has 0 aromatic carbocycles. The van der Waals surface area contributed by atoms with Crippen molar-refractivity contribution >= 4 is 5.97 Å². The molecule has 2 heteroatoms. The fourth-order valence-electron chi connectivity index (χ4n) is 3.61. The van der Waals surface area contributed by atoms with Gasteiger partial charge in [-0.1, -0.05) is 107 Å². The lowest BCUT2D eigenvalue weighted by molar-refractivity contribution is -0.141. The molecule has 0 fully saturated rings. The van der Waals surface area contributed by atoms with Crippen LogP contribution in [0, 0.1) is 5.92 Å². The molecule has 164 valence electrons. The van der Waals surface area contributed by atoms with Crippen molar-refractivity contribution in [2.75, 3.05) is 0 Å². The van der Waals surface area contributed by atoms with Crippen molar-refractivity contribution < 1.29 is 9.90 Å². The van der Waals surface area contributed by atoms with Crippen molar-refractivity contribution in [3.8, 4) is 0 Å². The van der Waals surface area contributed by atoms with Crippen LogP contribution in [-0.2, 0) is 4.79 Å². The first-order valence-corrected chi connectivity index (χ1v) is 12.0. The summed E-state index contributed by atoms with van der Waals surface area (Å²) >= 11 is 0. The Bertz CT molecular complexity index is 430. The highest BCUT2D eigenvalue weighted by Crippen LogP contribution is 2.19. The van der Waals surface area contributed by atoms with Gasteiger partial charge in [-0.3, -0.25) is 4.79 Å². The van der Waals surface area contributed by atoms with E-state index < -0.39 is 5.97 Å². The third-order valence-corrected chi connectivity index (χ3v) is 5.60. The maximum absolute atomic E-state index is 11.5. The van der Waals surface area contributed by atoms with E-state index in [0.717, 1.165) is 25.7 Å². The van der Waals surface area contributed by atoms with Gasteiger partial charge in [0.25, 0.3) is 0 Å². The SMILES string of the molecule is CCCCCCCCCCCCCCC(C/C=C(\C)CCC=C(C)C)C(=O)O. The van der Waals surface area contributed by atoms with Gasteiger partial charge in [-0.2, -0.15) is 0 Å². The Morgan fingerprint density at radius 1 is 0.786 bits per heavy atom. The number of aliphatic carboxylic acids is 1. The molecule has 0 aliphatic rings. The Hall–Kier alpha value is -1.05. The summed E-state index contributed by atoms with van der Waals surface area (Å²) in [5.74, 6) is -0.835. The first kappa shape index (κ1) is 27.0. The van der Waals surface area contributed by atoms with Gasteiger partial charge in [-0.05, 0) is 46.5 Å². The molecule has 0 amide bonds. The molecular weight excluding hydrogens is 344 g/mol. The van der Waals surface area contributed by atoms with Crippen molar-refractivity contribution in [1.29, 1.82) is 0 Å². The highest BCUT2D eigenvalue weighted by Gasteiger charge is 2.15. The summed E-state index contributed by atoms with van der Waals surface area (Å²) in [6.45, 7) is 8.63. The number of hydrogen-bond acceptors (Lipinski definition) is 1. The number of carbonyl (C=O) groups is 1. The van der Waals surface area contributed by atoms with Gasteiger partial charge >= 0.3 is 5.97 Å². The lowest BCUT2D eigenvalue weighted by Crippen LogP contribution is -2.12. The maximum atomic E-state index is 11.5. The summed E-state index contributed by atoms with van der Waals surface area (Å²) in [5, 5.41) is 9.47. The first-order chi connectivity index (χ1) is 13.5. The normalized spacial score (nSPS) is 12.8. The molecule has 1 unspecified atom stereocenters. The van der Waals surface area contributed by atoms with Gasteiger partial charge in [-0.15, -0.1) is 0 Å². The van der Waals surface area contributed by atoms with Crippen molar-refractivity contribution in [3.63, 3.8) is 0 Å². The van der Waals surface area contributed by atoms with E-state index in [2.05, 4.69) is 39.8 Å². The van der Waals surface area contributed by atoms with E-state index >= 15 is 0 Å². The molecule has 0 aliphatic carbocycles. The van der Waals surface area contributed by atoms with Gasteiger partial charge < -0.3 is 5.11 Å². The standard InChI is InChI=1S/C26H48O2/c1-5-6-7-8-9-10-11-12-13-14-15-16-20-25(26(27)28)22-21-24(4)19-17-18-23(2)3/h18,21,25H,5-17,19-20,22H2,1-4H3,(H,27,28)/b24-21+. The molecule has 28 heavy (non-hydrogen) atoms. The average Bonchev–Trinajstić information content (AvgIpc) is 2.64. The van der Waals surface area contributed by atoms with Crippen LogP contribution in [0.4, 0.5) is 0 Å². The average molecular weight is 393 g/mol. The van der Waals surface area contributed by atoms with Crippen LogP contribution in [0.1, 0.15) is 130 Å². The summed E-state index contributed by atoms with van der Waals surface area (Å²) in [7, 11) is 0. The summed E-state index contributed by atoms with van der Waals surface area (Å²) in [6, 6.07) is 0. The highest BCUT2D eigenvalue weighted by molar-refractivity contribution is 5.70. The number of rotatable bonds is 19. The molecule has 0 aromatic heterocycles. The zero-order valence-electron chi connectivity index (χ0n) is 19.4. The number of carboxylic acids is 1. The van der Waals surface area contributed by atoms with Gasteiger partial charge in [0.1, 0.15) is 0 Å². The van der Waals surface area contributed by atoms with Gasteiger partial charge in [-0.25, -0.2) is 0 Å². The monoisotopic (exact) mass is 392 g/mol. The molecule has 2 nitrogen and oxygen atoms in total. The molecule has 0 aliphatic heterocycles. The predicted molar refractivity (Wildman–Crippen MR) is 124 cm³/mol. The highest BCUT2D eigenvalue weighted by atomic mass is 16.4. The second kappa shape index (κ2) is 19.3. The Morgan fingerprint density at radius 3 is 1.75 bits per heavy atom. The largest absolute Gasteiger partial charge is 0.481 e. The summed E-state index contributed by atoms with van der Waals surface area (Å²) in [6.07, 6.45) is 23.9. The number of hydrogen-bond donors (Lipinski definition) is 1. The fraction of sp³-hybridized carbons (Fsp3) is 0.808. The van der Waals surface area contributed by atoms with Crippen molar-refractivity contribution in [2.45, 2.75) is 130 Å². The van der Waals surface area contributed by atoms with Crippen LogP contribution in [0.5, 0.6) is 0 Å². The van der Waals surface area contributed by atoms with Gasteiger partial charge in [0.05, 0.1) is 5.92 Å². The van der Waals surface area contributed by atoms with E-state index in [1.165, 1.54) is 81.8 Å². The second-order valence-corrected chi connectivity index (χ2v) is 8.82. The van der Waals surface area contributed by atoms with Crippen molar-refractivity contribution in [1.82, 2.24) is 0 Å². The van der Waals surface area contributed by atoms with Crippen molar-refractivity contribution in [3.05, 3.63) is 23.3 Å². The summed E-state index contributed by atoms with van der Waals surface area (Å²) in [5.41, 5.74) is 2.67. The first-order valence-electron chi connectivity index (χ1n) is 12.0. The minimum atomic E-state index is -0.628. The molecule has 0 saturated carbocycles. The minimum absolute atomic E-state index is 0.207. The van der Waals surface area contributed by atoms with Crippen LogP contribution < -0.4 is 0 Å². The van der Waals surface area contributed by atoms with E-state index in [4.69, 9.17) is 0 Å². The fourth-order valence-corrected chi connectivity index (χ4v) is 3.61. The topological polar surface area (TPSA) is 37.3 Å². The molecule has 0 radical (unpaired) electrons. The molecule has 0 bridgehead atoms. The van der Waals surface area contributed by atoms with E-state index in [-0.39, 0.29) is 5.92 Å². The lowest BCUT2D eigenvalue weighted by atomic mass is 9.95. The summed E-state index contributed by atoms with van der Waals surface area (Å²) in [4.78, 5) is 11.5. The van der Waals surface area contributed by atoms with Crippen LogP contribution in [-0.4, -0.2) is 11.1 Å². The van der Waals surface area contributed by atoms with E-state index in [0.29, 0.717) is 6.42 Å². The second-order valence-electron chi connectivity index (χ2n) is 8.82. The van der Waals surface area contributed by atoms with Crippen LogP contribution >= 0.6 is 0 Å². The molecule has 0 heterocycles. The molecule has 0 saturated heterocycles. The van der Waals surface area contributed by atoms with Gasteiger partial charge in [0.2, 0.25) is 0 Å². The molecule has 0 rings (SSSR count). The van der Waals surface area contributed by atoms with Gasteiger partial charge in [0, 0.05) is 0 Å². The summed E-state index contributed by atoms with van der Waals surface area (Å²) < 4.78 is 0. The predicted octanol–water partition coefficient (Wildman–Crippen LogP) is 8.86. The maximum Gasteiger partial charge on any atom is 0.306 e. The molecular formula is C26H48O2. The Labute approximate surface area is 175 Å². The number of unbranched alkanes of at least 4 members (excludes halogenated alkanes) is 11. The van der Waals surface area contributed by atoms with Crippen LogP contribution in [0.2, 0.25) is 0 Å². The van der Waals surface area contributed by atoms with Crippen LogP contribution in [0.3, 0.4) is 0 Å². The van der Waals surface area contributed by atoms with Crippen LogP contribution in [0.15, 0.2) is 23.3 Å². The zero-order valence-corrected chi connectivity index (χ0v) is 19.4. The van der Waals surface area contributed by atoms with E-state index in [9.17, 15) is 9.90 Å². The van der Waals surface area contributed by atoms with Crippen molar-refractivity contribution in [2.24, 2.45) is 5.92 Å². The Morgan fingerprint density at radius 2 is 1.29 bits per heavy atom. The Balaban J connectivity index is 3.74. The minimum Gasteiger partial charge on any atom is -0.481 e.